The third kappa shape index (κ3) is 4.00. The zero-order valence-electron chi connectivity index (χ0n) is 17.1. The molecule has 0 saturated carbocycles. The number of para-hydroxylation sites is 1. The lowest BCUT2D eigenvalue weighted by molar-refractivity contribution is -0.123. The first-order chi connectivity index (χ1) is 14.9. The molecule has 1 fully saturated rings. The number of nitrogens with zero attached hydrogens (tertiary/aromatic N) is 2. The molecular formula is C23H21N3O3S2. The molecule has 2 aromatic carbocycles. The molecule has 6 nitrogen and oxygen atoms in total. The summed E-state index contributed by atoms with van der Waals surface area (Å²) in [5.41, 5.74) is 2.55. The molecule has 1 N–H and O–H groups in total. The lowest BCUT2D eigenvalue weighted by Crippen LogP contribution is -2.39. The van der Waals surface area contributed by atoms with Crippen LogP contribution in [0.4, 0.5) is 5.69 Å². The zero-order chi connectivity index (χ0) is 22.1. The molecule has 0 radical (unpaired) electrons. The van der Waals surface area contributed by atoms with Gasteiger partial charge in [-0.3, -0.25) is 24.2 Å². The summed E-state index contributed by atoms with van der Waals surface area (Å²) in [5.74, 6) is -0.901. The van der Waals surface area contributed by atoms with Gasteiger partial charge in [0.05, 0.1) is 16.2 Å². The van der Waals surface area contributed by atoms with Crippen LogP contribution in [0.3, 0.4) is 0 Å². The predicted octanol–water partition coefficient (Wildman–Crippen LogP) is 3.33. The molecule has 2 aliphatic rings. The molecule has 0 unspecified atom stereocenters. The van der Waals surface area contributed by atoms with E-state index in [2.05, 4.69) is 5.32 Å². The van der Waals surface area contributed by atoms with Crippen molar-refractivity contribution in [3.8, 4) is 0 Å². The minimum atomic E-state index is -0.361. The summed E-state index contributed by atoms with van der Waals surface area (Å²) in [6.07, 6.45) is 0. The molecular weight excluding hydrogens is 430 g/mol. The van der Waals surface area contributed by atoms with Crippen molar-refractivity contribution in [2.24, 2.45) is 0 Å². The average molecular weight is 452 g/mol. The van der Waals surface area contributed by atoms with E-state index in [1.807, 2.05) is 56.3 Å². The topological polar surface area (TPSA) is 69.7 Å². The first kappa shape index (κ1) is 21.3. The van der Waals surface area contributed by atoms with E-state index in [1.165, 1.54) is 9.80 Å². The highest BCUT2D eigenvalue weighted by atomic mass is 32.2. The molecule has 2 aliphatic heterocycles. The number of carbonyl (C=O) groups is 3. The summed E-state index contributed by atoms with van der Waals surface area (Å²) < 4.78 is 0.437. The van der Waals surface area contributed by atoms with Crippen LogP contribution in [0, 0.1) is 0 Å². The van der Waals surface area contributed by atoms with Crippen molar-refractivity contribution >= 4 is 57.3 Å². The van der Waals surface area contributed by atoms with Crippen molar-refractivity contribution in [2.45, 2.75) is 26.4 Å². The van der Waals surface area contributed by atoms with Crippen LogP contribution in [0.1, 0.15) is 25.0 Å². The van der Waals surface area contributed by atoms with E-state index in [0.717, 1.165) is 17.3 Å². The Hall–Kier alpha value is -2.97. The molecule has 3 amide bonds. The summed E-state index contributed by atoms with van der Waals surface area (Å²) in [4.78, 5) is 42.2. The van der Waals surface area contributed by atoms with E-state index in [1.54, 1.807) is 12.1 Å². The number of thioether (sulfide) groups is 1. The molecule has 0 spiro atoms. The first-order valence-electron chi connectivity index (χ1n) is 9.90. The second-order valence-electron chi connectivity index (χ2n) is 7.51. The molecule has 2 aromatic rings. The smallest absolute Gasteiger partial charge is 0.267 e. The Morgan fingerprint density at radius 3 is 2.39 bits per heavy atom. The Labute approximate surface area is 190 Å². The van der Waals surface area contributed by atoms with Gasteiger partial charge in [-0.05, 0) is 25.5 Å². The highest BCUT2D eigenvalue weighted by molar-refractivity contribution is 8.26. The fourth-order valence-electron chi connectivity index (χ4n) is 3.63. The fourth-order valence-corrected chi connectivity index (χ4v) is 5.22. The molecule has 0 aliphatic carbocycles. The number of thiocarbonyl (C=S) groups is 1. The number of benzene rings is 2. The molecule has 2 heterocycles. The maximum absolute atomic E-state index is 13.3. The maximum atomic E-state index is 13.3. The van der Waals surface area contributed by atoms with Crippen LogP contribution in [-0.4, -0.2) is 39.5 Å². The lowest BCUT2D eigenvalue weighted by atomic mass is 10.1. The quantitative estimate of drug-likeness (QED) is 0.558. The minimum Gasteiger partial charge on any atom is -0.350 e. The third-order valence-electron chi connectivity index (χ3n) is 5.10. The van der Waals surface area contributed by atoms with Gasteiger partial charge in [-0.15, -0.1) is 0 Å². The SMILES string of the molecule is CC(C)N1C(=O)C(=C2C(=O)N(CC(=O)NCc3ccccc3)c3ccccc32)SC1=S. The number of hydrogen-bond acceptors (Lipinski definition) is 5. The second kappa shape index (κ2) is 8.64. The summed E-state index contributed by atoms with van der Waals surface area (Å²) in [7, 11) is 0. The van der Waals surface area contributed by atoms with Gasteiger partial charge in [0.25, 0.3) is 11.8 Å². The van der Waals surface area contributed by atoms with Crippen LogP contribution in [0.15, 0.2) is 59.5 Å². The Balaban J connectivity index is 1.60. The van der Waals surface area contributed by atoms with Crippen LogP contribution in [0.5, 0.6) is 0 Å². The number of hydrogen-bond donors (Lipinski definition) is 1. The normalized spacial score (nSPS) is 18.2. The number of anilines is 1. The van der Waals surface area contributed by atoms with Crippen molar-refractivity contribution in [1.82, 2.24) is 10.2 Å². The molecule has 0 aromatic heterocycles. The minimum absolute atomic E-state index is 0.0998. The molecule has 1 saturated heterocycles. The van der Waals surface area contributed by atoms with E-state index in [0.29, 0.717) is 32.6 Å². The lowest BCUT2D eigenvalue weighted by Gasteiger charge is -2.18. The Bertz CT molecular complexity index is 1110. The van der Waals surface area contributed by atoms with Crippen molar-refractivity contribution in [1.29, 1.82) is 0 Å². The van der Waals surface area contributed by atoms with Crippen LogP contribution < -0.4 is 10.2 Å². The second-order valence-corrected chi connectivity index (χ2v) is 9.16. The van der Waals surface area contributed by atoms with Crippen LogP contribution in [0.2, 0.25) is 0 Å². The van der Waals surface area contributed by atoms with E-state index in [4.69, 9.17) is 12.2 Å². The Morgan fingerprint density at radius 2 is 1.71 bits per heavy atom. The molecule has 0 bridgehead atoms. The van der Waals surface area contributed by atoms with E-state index in [9.17, 15) is 14.4 Å². The van der Waals surface area contributed by atoms with Gasteiger partial charge in [-0.2, -0.15) is 0 Å². The van der Waals surface area contributed by atoms with E-state index < -0.39 is 0 Å². The van der Waals surface area contributed by atoms with Gasteiger partial charge >= 0.3 is 0 Å². The van der Waals surface area contributed by atoms with Gasteiger partial charge in [0.15, 0.2) is 0 Å². The monoisotopic (exact) mass is 451 g/mol. The third-order valence-corrected chi connectivity index (χ3v) is 6.50. The largest absolute Gasteiger partial charge is 0.350 e. The number of amides is 3. The maximum Gasteiger partial charge on any atom is 0.267 e. The van der Waals surface area contributed by atoms with Crippen LogP contribution in [-0.2, 0) is 20.9 Å². The van der Waals surface area contributed by atoms with E-state index in [-0.39, 0.29) is 30.3 Å². The van der Waals surface area contributed by atoms with Crippen molar-refractivity contribution < 1.29 is 14.4 Å². The highest BCUT2D eigenvalue weighted by Gasteiger charge is 2.42. The number of carbonyl (C=O) groups excluding carboxylic acids is 3. The molecule has 8 heteroatoms. The zero-order valence-corrected chi connectivity index (χ0v) is 18.8. The van der Waals surface area contributed by atoms with Gasteiger partial charge in [0.1, 0.15) is 10.9 Å². The van der Waals surface area contributed by atoms with Crippen LogP contribution >= 0.6 is 24.0 Å². The van der Waals surface area contributed by atoms with Crippen LogP contribution in [0.25, 0.3) is 5.57 Å². The Kier molecular flexibility index (Phi) is 5.93. The molecule has 158 valence electrons. The Morgan fingerprint density at radius 1 is 1.03 bits per heavy atom. The standard InChI is InChI=1S/C23H21N3O3S2/c1-14(2)26-22(29)20(31-23(26)30)19-16-10-6-7-11-17(16)25(21(19)28)13-18(27)24-12-15-8-4-3-5-9-15/h3-11,14H,12-13H2,1-2H3,(H,24,27). The summed E-state index contributed by atoms with van der Waals surface area (Å²) in [5, 5.41) is 2.85. The van der Waals surface area contributed by atoms with Gasteiger partial charge < -0.3 is 5.32 Å². The number of rotatable bonds is 5. The number of nitrogens with one attached hydrogen (secondary N) is 1. The van der Waals surface area contributed by atoms with Gasteiger partial charge in [0, 0.05) is 18.2 Å². The summed E-state index contributed by atoms with van der Waals surface area (Å²) >= 11 is 6.51. The highest BCUT2D eigenvalue weighted by Crippen LogP contribution is 2.44. The predicted molar refractivity (Wildman–Crippen MR) is 126 cm³/mol. The van der Waals surface area contributed by atoms with Crippen molar-refractivity contribution in [3.63, 3.8) is 0 Å². The van der Waals surface area contributed by atoms with Gasteiger partial charge in [0.2, 0.25) is 5.91 Å². The van der Waals surface area contributed by atoms with Crippen molar-refractivity contribution in [3.05, 3.63) is 70.6 Å². The molecule has 31 heavy (non-hydrogen) atoms. The van der Waals surface area contributed by atoms with Crippen molar-refractivity contribution in [2.75, 3.05) is 11.4 Å². The molecule has 0 atom stereocenters. The first-order valence-corrected chi connectivity index (χ1v) is 11.1. The van der Waals surface area contributed by atoms with E-state index >= 15 is 0 Å². The number of fused-ring (bicyclic) bond motifs is 1. The molecule has 4 rings (SSSR count). The summed E-state index contributed by atoms with van der Waals surface area (Å²) in [6, 6.07) is 16.7. The average Bonchev–Trinajstić information content (AvgIpc) is 3.19. The van der Waals surface area contributed by atoms with Gasteiger partial charge in [-0.25, -0.2) is 0 Å². The van der Waals surface area contributed by atoms with Gasteiger partial charge in [-0.1, -0.05) is 72.5 Å². The fraction of sp³-hybridized carbons (Fsp3) is 0.217. The summed E-state index contributed by atoms with van der Waals surface area (Å²) in [6.45, 7) is 4.01.